The molecule has 25 heavy (non-hydrogen) atoms. The number of hydrogen-bond acceptors (Lipinski definition) is 6. The number of amides is 1. The van der Waals surface area contributed by atoms with Gasteiger partial charge in [-0.3, -0.25) is 4.79 Å². The number of nitrogens with zero attached hydrogens (tertiary/aromatic N) is 7. The molecular weight excluding hydrogens is 318 g/mol. The van der Waals surface area contributed by atoms with E-state index in [1.54, 1.807) is 41.1 Å². The molecule has 2 heterocycles. The van der Waals surface area contributed by atoms with Crippen LogP contribution in [0, 0.1) is 28.7 Å². The first-order valence-electron chi connectivity index (χ1n) is 7.93. The van der Waals surface area contributed by atoms with Crippen molar-refractivity contribution < 1.29 is 4.79 Å². The summed E-state index contributed by atoms with van der Waals surface area (Å²) in [6, 6.07) is 9.00. The molecule has 1 fully saturated rings. The van der Waals surface area contributed by atoms with Gasteiger partial charge in [0.25, 0.3) is 5.91 Å². The minimum absolute atomic E-state index is 0.111. The molecule has 0 bridgehead atoms. The lowest BCUT2D eigenvalue weighted by molar-refractivity contribution is 0.0762. The van der Waals surface area contributed by atoms with Crippen molar-refractivity contribution in [1.29, 1.82) is 10.5 Å². The molecule has 1 aliphatic heterocycles. The molecule has 1 aromatic carbocycles. The van der Waals surface area contributed by atoms with Crippen molar-refractivity contribution in [3.63, 3.8) is 0 Å². The van der Waals surface area contributed by atoms with Crippen LogP contribution in [0.2, 0.25) is 0 Å². The molecule has 3 rings (SSSR count). The van der Waals surface area contributed by atoms with E-state index in [0.29, 0.717) is 24.3 Å². The van der Waals surface area contributed by atoms with E-state index >= 15 is 0 Å². The minimum atomic E-state index is -0.259. The molecule has 0 N–H and O–H groups in total. The van der Waals surface area contributed by atoms with Gasteiger partial charge in [0.05, 0.1) is 17.3 Å². The van der Waals surface area contributed by atoms with Crippen molar-refractivity contribution in [1.82, 2.24) is 24.6 Å². The molecule has 1 saturated heterocycles. The predicted molar refractivity (Wildman–Crippen MR) is 88.3 cm³/mol. The van der Waals surface area contributed by atoms with Gasteiger partial charge in [0.1, 0.15) is 6.33 Å². The Hall–Kier alpha value is -3.39. The van der Waals surface area contributed by atoms with Crippen molar-refractivity contribution >= 4 is 5.91 Å². The fourth-order valence-corrected chi connectivity index (χ4v) is 2.92. The summed E-state index contributed by atoms with van der Waals surface area (Å²) in [4.78, 5) is 19.9. The maximum absolute atomic E-state index is 12.5. The number of carbonyl (C=O) groups is 1. The van der Waals surface area contributed by atoms with Crippen LogP contribution in [0.3, 0.4) is 0 Å². The van der Waals surface area contributed by atoms with Crippen molar-refractivity contribution in [3.8, 4) is 17.9 Å². The van der Waals surface area contributed by atoms with Crippen LogP contribution in [-0.4, -0.2) is 57.2 Å². The van der Waals surface area contributed by atoms with E-state index in [2.05, 4.69) is 22.3 Å². The molecule has 0 aliphatic carbocycles. The molecule has 1 aliphatic rings. The number of benzene rings is 1. The summed E-state index contributed by atoms with van der Waals surface area (Å²) in [6.07, 6.45) is 4.50. The second-order valence-corrected chi connectivity index (χ2v) is 6.06. The van der Waals surface area contributed by atoms with E-state index in [4.69, 9.17) is 10.5 Å². The Labute approximate surface area is 145 Å². The van der Waals surface area contributed by atoms with Crippen LogP contribution >= 0.6 is 0 Å². The van der Waals surface area contributed by atoms with Crippen LogP contribution in [0.4, 0.5) is 0 Å². The lowest BCUT2D eigenvalue weighted by atomic mass is 10.1. The lowest BCUT2D eigenvalue weighted by Crippen LogP contribution is -2.33. The highest BCUT2D eigenvalue weighted by Gasteiger charge is 2.26. The Bertz CT molecular complexity index is 860. The maximum atomic E-state index is 12.5. The van der Waals surface area contributed by atoms with Gasteiger partial charge >= 0.3 is 0 Å². The lowest BCUT2D eigenvalue weighted by Gasteiger charge is -2.19. The zero-order valence-corrected chi connectivity index (χ0v) is 13.8. The number of hydrogen-bond donors (Lipinski definition) is 0. The summed E-state index contributed by atoms with van der Waals surface area (Å²) in [5.41, 5.74) is 1.19. The van der Waals surface area contributed by atoms with Crippen LogP contribution < -0.4 is 0 Å². The smallest absolute Gasteiger partial charge is 0.293 e. The molecular formula is C17H17N7O. The van der Waals surface area contributed by atoms with E-state index in [9.17, 15) is 4.79 Å². The monoisotopic (exact) mass is 335 g/mol. The highest BCUT2D eigenvalue weighted by molar-refractivity contribution is 5.90. The van der Waals surface area contributed by atoms with E-state index < -0.39 is 0 Å². The van der Waals surface area contributed by atoms with Gasteiger partial charge in [-0.25, -0.2) is 9.67 Å². The van der Waals surface area contributed by atoms with Crippen LogP contribution in [0.15, 0.2) is 30.6 Å². The molecule has 1 amide bonds. The number of carbonyl (C=O) groups excluding carboxylic acids is 1. The van der Waals surface area contributed by atoms with Crippen molar-refractivity contribution in [3.05, 3.63) is 42.0 Å². The molecule has 8 nitrogen and oxygen atoms in total. The van der Waals surface area contributed by atoms with E-state index in [0.717, 1.165) is 13.0 Å². The van der Waals surface area contributed by atoms with Gasteiger partial charge in [-0.15, -0.1) is 5.10 Å². The second kappa shape index (κ2) is 7.02. The van der Waals surface area contributed by atoms with Crippen molar-refractivity contribution in [2.45, 2.75) is 6.42 Å². The average Bonchev–Trinajstić information content (AvgIpc) is 3.30. The quantitative estimate of drug-likeness (QED) is 0.773. The summed E-state index contributed by atoms with van der Waals surface area (Å²) in [5, 5.41) is 22.1. The van der Waals surface area contributed by atoms with Crippen LogP contribution in [0.5, 0.6) is 0 Å². The second-order valence-electron chi connectivity index (χ2n) is 6.06. The third-order valence-electron chi connectivity index (χ3n) is 4.23. The van der Waals surface area contributed by atoms with E-state index in [1.165, 1.54) is 11.0 Å². The van der Waals surface area contributed by atoms with E-state index in [-0.39, 0.29) is 17.6 Å². The Kier molecular flexibility index (Phi) is 4.62. The average molecular weight is 335 g/mol. The van der Waals surface area contributed by atoms with Crippen molar-refractivity contribution in [2.24, 2.45) is 5.92 Å². The summed E-state index contributed by atoms with van der Waals surface area (Å²) in [7, 11) is 1.72. The fourth-order valence-electron chi connectivity index (χ4n) is 2.92. The summed E-state index contributed by atoms with van der Waals surface area (Å²) in [5.74, 6) is 0.133. The summed E-state index contributed by atoms with van der Waals surface area (Å²) >= 11 is 0. The molecule has 8 heteroatoms. The maximum Gasteiger partial charge on any atom is 0.293 e. The Morgan fingerprint density at radius 2 is 2.28 bits per heavy atom. The van der Waals surface area contributed by atoms with Gasteiger partial charge in [0, 0.05) is 26.7 Å². The number of rotatable bonds is 4. The van der Waals surface area contributed by atoms with Crippen LogP contribution in [0.25, 0.3) is 5.69 Å². The Morgan fingerprint density at radius 3 is 3.00 bits per heavy atom. The number of likely N-dealkylation sites (tertiary alicyclic amines) is 1. The van der Waals surface area contributed by atoms with Gasteiger partial charge < -0.3 is 9.80 Å². The highest BCUT2D eigenvalue weighted by Crippen LogP contribution is 2.17. The molecule has 2 aromatic rings. The van der Waals surface area contributed by atoms with E-state index in [1.807, 2.05) is 0 Å². The highest BCUT2D eigenvalue weighted by atomic mass is 16.2. The molecule has 0 spiro atoms. The molecule has 0 unspecified atom stereocenters. The van der Waals surface area contributed by atoms with Crippen molar-refractivity contribution in [2.75, 3.05) is 26.7 Å². The molecule has 1 atom stereocenters. The van der Waals surface area contributed by atoms with Crippen LogP contribution in [-0.2, 0) is 0 Å². The van der Waals surface area contributed by atoms with Crippen LogP contribution in [0.1, 0.15) is 22.6 Å². The summed E-state index contributed by atoms with van der Waals surface area (Å²) < 4.78 is 1.48. The third-order valence-corrected chi connectivity index (χ3v) is 4.23. The van der Waals surface area contributed by atoms with Gasteiger partial charge in [0.2, 0.25) is 5.82 Å². The molecule has 0 radical (unpaired) electrons. The topological polar surface area (TPSA) is 102 Å². The van der Waals surface area contributed by atoms with Gasteiger partial charge in [-0.05, 0) is 30.5 Å². The van der Waals surface area contributed by atoms with Gasteiger partial charge in [-0.2, -0.15) is 10.5 Å². The Morgan fingerprint density at radius 1 is 1.44 bits per heavy atom. The molecule has 126 valence electrons. The standard InChI is InChI=1S/C17H17N7O/c1-22(9-14-5-6-23(10-14)11-19)17(25)16-20-12-24(21-16)15-4-2-3-13(7-15)8-18/h2-4,7,12,14H,5-6,9-10H2,1H3/t14-/m0/s1. The first-order valence-corrected chi connectivity index (χ1v) is 7.93. The normalized spacial score (nSPS) is 16.3. The zero-order chi connectivity index (χ0) is 17.8. The first kappa shape index (κ1) is 16.5. The van der Waals surface area contributed by atoms with Gasteiger partial charge in [-0.1, -0.05) is 6.07 Å². The predicted octanol–water partition coefficient (Wildman–Crippen LogP) is 1.01. The number of aromatic nitrogens is 3. The SMILES string of the molecule is CN(C[C@@H]1CCN(C#N)C1)C(=O)c1ncn(-c2cccc(C#N)c2)n1. The minimum Gasteiger partial charge on any atom is -0.339 e. The zero-order valence-electron chi connectivity index (χ0n) is 13.8. The largest absolute Gasteiger partial charge is 0.339 e. The van der Waals surface area contributed by atoms with Gasteiger partial charge in [0.15, 0.2) is 6.19 Å². The number of nitriles is 2. The first-order chi connectivity index (χ1) is 12.1. The Balaban J connectivity index is 1.68. The fraction of sp³-hybridized carbons (Fsp3) is 0.353. The molecule has 1 aromatic heterocycles. The molecule has 0 saturated carbocycles. The summed E-state index contributed by atoms with van der Waals surface area (Å²) in [6.45, 7) is 1.98. The third kappa shape index (κ3) is 3.59.